The summed E-state index contributed by atoms with van der Waals surface area (Å²) >= 11 is 0. The first-order chi connectivity index (χ1) is 10.1. The highest BCUT2D eigenvalue weighted by atomic mass is 16.5. The minimum absolute atomic E-state index is 0.110. The Kier molecular flexibility index (Phi) is 7.23. The molecule has 0 aliphatic rings. The lowest BCUT2D eigenvalue weighted by Gasteiger charge is -2.27. The van der Waals surface area contributed by atoms with Gasteiger partial charge in [0, 0.05) is 12.3 Å². The van der Waals surface area contributed by atoms with Crippen molar-refractivity contribution < 1.29 is 14.3 Å². The Morgan fingerprint density at radius 3 is 2.24 bits per heavy atom. The Balaban J connectivity index is 2.64. The Morgan fingerprint density at radius 2 is 1.71 bits per heavy atom. The number of nitrogens with one attached hydrogen (secondary N) is 1. The van der Waals surface area contributed by atoms with Crippen LogP contribution in [0, 0.1) is 0 Å². The zero-order valence-electron chi connectivity index (χ0n) is 13.6. The van der Waals surface area contributed by atoms with Gasteiger partial charge in [-0.15, -0.1) is 0 Å². The zero-order valence-corrected chi connectivity index (χ0v) is 13.6. The summed E-state index contributed by atoms with van der Waals surface area (Å²) in [6, 6.07) is 7.42. The van der Waals surface area contributed by atoms with Crippen molar-refractivity contribution in [3.05, 3.63) is 24.3 Å². The maximum atomic E-state index is 12.4. The van der Waals surface area contributed by atoms with Crippen LogP contribution in [0.3, 0.4) is 0 Å². The van der Waals surface area contributed by atoms with Crippen LogP contribution in [0.4, 0.5) is 5.69 Å². The van der Waals surface area contributed by atoms with Crippen LogP contribution in [0.25, 0.3) is 0 Å². The van der Waals surface area contributed by atoms with Crippen LogP contribution >= 0.6 is 0 Å². The SMILES string of the molecule is CCCOc1ccc(NC(=O)C(C)(CC)OCCC)cc1. The number of carbonyl (C=O) groups excluding carboxylic acids is 1. The van der Waals surface area contributed by atoms with Crippen molar-refractivity contribution in [2.24, 2.45) is 0 Å². The first-order valence-corrected chi connectivity index (χ1v) is 7.74. The average Bonchev–Trinajstić information content (AvgIpc) is 2.51. The monoisotopic (exact) mass is 293 g/mol. The third-order valence-corrected chi connectivity index (χ3v) is 3.36. The molecule has 0 aliphatic heterocycles. The highest BCUT2D eigenvalue weighted by Gasteiger charge is 2.32. The van der Waals surface area contributed by atoms with Gasteiger partial charge in [-0.25, -0.2) is 0 Å². The minimum Gasteiger partial charge on any atom is -0.494 e. The smallest absolute Gasteiger partial charge is 0.256 e. The molecule has 4 nitrogen and oxygen atoms in total. The zero-order chi connectivity index (χ0) is 15.7. The third kappa shape index (κ3) is 5.38. The van der Waals surface area contributed by atoms with Crippen molar-refractivity contribution in [1.29, 1.82) is 0 Å². The first-order valence-electron chi connectivity index (χ1n) is 7.74. The van der Waals surface area contributed by atoms with Crippen LogP contribution in [-0.4, -0.2) is 24.7 Å². The van der Waals surface area contributed by atoms with E-state index in [9.17, 15) is 4.79 Å². The predicted octanol–water partition coefficient (Wildman–Crippen LogP) is 4.01. The summed E-state index contributed by atoms with van der Waals surface area (Å²) < 4.78 is 11.2. The molecule has 0 fully saturated rings. The summed E-state index contributed by atoms with van der Waals surface area (Å²) in [5, 5.41) is 2.91. The largest absolute Gasteiger partial charge is 0.494 e. The topological polar surface area (TPSA) is 47.6 Å². The van der Waals surface area contributed by atoms with Crippen molar-refractivity contribution in [3.63, 3.8) is 0 Å². The van der Waals surface area contributed by atoms with E-state index in [2.05, 4.69) is 12.2 Å². The van der Waals surface area contributed by atoms with Gasteiger partial charge in [-0.2, -0.15) is 0 Å². The lowest BCUT2D eigenvalue weighted by atomic mass is 10.0. The van der Waals surface area contributed by atoms with Gasteiger partial charge in [0.05, 0.1) is 6.61 Å². The molecule has 0 radical (unpaired) electrons. The summed E-state index contributed by atoms with van der Waals surface area (Å²) in [6.45, 7) is 9.17. The van der Waals surface area contributed by atoms with Gasteiger partial charge in [-0.05, 0) is 50.5 Å². The number of ether oxygens (including phenoxy) is 2. The summed E-state index contributed by atoms with van der Waals surface area (Å²) in [6.07, 6.45) is 2.50. The molecule has 1 atom stereocenters. The van der Waals surface area contributed by atoms with Gasteiger partial charge in [-0.3, -0.25) is 4.79 Å². The van der Waals surface area contributed by atoms with E-state index < -0.39 is 5.60 Å². The molecule has 1 aromatic rings. The molecule has 1 unspecified atom stereocenters. The fraction of sp³-hybridized carbons (Fsp3) is 0.588. The second kappa shape index (κ2) is 8.67. The van der Waals surface area contributed by atoms with Gasteiger partial charge in [0.25, 0.3) is 5.91 Å². The second-order valence-electron chi connectivity index (χ2n) is 5.26. The van der Waals surface area contributed by atoms with Gasteiger partial charge in [0.2, 0.25) is 0 Å². The van der Waals surface area contributed by atoms with Crippen LogP contribution in [0.2, 0.25) is 0 Å². The minimum atomic E-state index is -0.784. The first kappa shape index (κ1) is 17.5. The molecule has 0 spiro atoms. The van der Waals surface area contributed by atoms with Gasteiger partial charge in [0.15, 0.2) is 0 Å². The Labute approximate surface area is 127 Å². The average molecular weight is 293 g/mol. The molecule has 0 heterocycles. The highest BCUT2D eigenvalue weighted by molar-refractivity contribution is 5.97. The molecule has 1 aromatic carbocycles. The normalized spacial score (nSPS) is 13.5. The molecule has 4 heteroatoms. The molecular formula is C17H27NO3. The molecule has 1 amide bonds. The fourth-order valence-electron chi connectivity index (χ4n) is 1.77. The van der Waals surface area contributed by atoms with E-state index in [1.165, 1.54) is 0 Å². The standard InChI is InChI=1S/C17H27NO3/c1-5-12-20-15-10-8-14(9-11-15)18-16(19)17(4,7-3)21-13-6-2/h8-11H,5-7,12-13H2,1-4H3,(H,18,19). The van der Waals surface area contributed by atoms with Gasteiger partial charge in [-0.1, -0.05) is 20.8 Å². The van der Waals surface area contributed by atoms with E-state index in [1.807, 2.05) is 45.0 Å². The van der Waals surface area contributed by atoms with E-state index in [1.54, 1.807) is 0 Å². The van der Waals surface area contributed by atoms with Crippen molar-refractivity contribution in [2.45, 2.75) is 52.6 Å². The van der Waals surface area contributed by atoms with E-state index in [4.69, 9.17) is 9.47 Å². The van der Waals surface area contributed by atoms with Gasteiger partial charge in [0.1, 0.15) is 11.4 Å². The fourth-order valence-corrected chi connectivity index (χ4v) is 1.77. The molecular weight excluding hydrogens is 266 g/mol. The molecule has 1 rings (SSSR count). The number of rotatable bonds is 9. The van der Waals surface area contributed by atoms with Gasteiger partial charge < -0.3 is 14.8 Å². The quantitative estimate of drug-likeness (QED) is 0.748. The third-order valence-electron chi connectivity index (χ3n) is 3.36. The van der Waals surface area contributed by atoms with E-state index in [-0.39, 0.29) is 5.91 Å². The Bertz CT molecular complexity index is 430. The molecule has 0 bridgehead atoms. The van der Waals surface area contributed by atoms with Crippen molar-refractivity contribution in [3.8, 4) is 5.75 Å². The molecule has 118 valence electrons. The van der Waals surface area contributed by atoms with Crippen LogP contribution in [0.15, 0.2) is 24.3 Å². The van der Waals surface area contributed by atoms with Crippen LogP contribution in [-0.2, 0) is 9.53 Å². The molecule has 0 aromatic heterocycles. The number of benzene rings is 1. The van der Waals surface area contributed by atoms with E-state index in [0.717, 1.165) is 24.3 Å². The summed E-state index contributed by atoms with van der Waals surface area (Å²) in [4.78, 5) is 12.4. The van der Waals surface area contributed by atoms with E-state index in [0.29, 0.717) is 19.6 Å². The number of anilines is 1. The van der Waals surface area contributed by atoms with Crippen LogP contribution < -0.4 is 10.1 Å². The number of amides is 1. The molecule has 1 N–H and O–H groups in total. The second-order valence-corrected chi connectivity index (χ2v) is 5.26. The Hall–Kier alpha value is -1.55. The molecule has 0 saturated heterocycles. The molecule has 0 saturated carbocycles. The lowest BCUT2D eigenvalue weighted by Crippen LogP contribution is -2.42. The summed E-state index contributed by atoms with van der Waals surface area (Å²) in [5.41, 5.74) is -0.0310. The maximum Gasteiger partial charge on any atom is 0.256 e. The van der Waals surface area contributed by atoms with Crippen molar-refractivity contribution in [2.75, 3.05) is 18.5 Å². The number of hydrogen-bond donors (Lipinski definition) is 1. The van der Waals surface area contributed by atoms with Gasteiger partial charge >= 0.3 is 0 Å². The van der Waals surface area contributed by atoms with E-state index >= 15 is 0 Å². The number of hydrogen-bond acceptors (Lipinski definition) is 3. The molecule has 0 aliphatic carbocycles. The lowest BCUT2D eigenvalue weighted by molar-refractivity contribution is -0.139. The van der Waals surface area contributed by atoms with Crippen LogP contribution in [0.1, 0.15) is 47.0 Å². The number of carbonyl (C=O) groups is 1. The van der Waals surface area contributed by atoms with Crippen molar-refractivity contribution in [1.82, 2.24) is 0 Å². The van der Waals surface area contributed by atoms with Crippen LogP contribution in [0.5, 0.6) is 5.75 Å². The summed E-state index contributed by atoms with van der Waals surface area (Å²) in [5.74, 6) is 0.705. The van der Waals surface area contributed by atoms with Crippen molar-refractivity contribution >= 4 is 11.6 Å². The molecule has 21 heavy (non-hydrogen) atoms. The Morgan fingerprint density at radius 1 is 1.10 bits per heavy atom. The predicted molar refractivity (Wildman–Crippen MR) is 85.8 cm³/mol. The maximum absolute atomic E-state index is 12.4. The summed E-state index contributed by atoms with van der Waals surface area (Å²) in [7, 11) is 0. The highest BCUT2D eigenvalue weighted by Crippen LogP contribution is 2.21.